The molecule has 11 nitrogen and oxygen atoms in total. The number of nitro benzene ring substituents is 1. The van der Waals surface area contributed by atoms with Crippen LogP contribution >= 0.6 is 0 Å². The second-order valence-electron chi connectivity index (χ2n) is 10.9. The number of ketones is 1. The first-order valence-electron chi connectivity index (χ1n) is 15.3. The average molecular weight is 576 g/mol. The van der Waals surface area contributed by atoms with Gasteiger partial charge < -0.3 is 21.3 Å². The fraction of sp³-hybridized carbons (Fsp3) is 0.700. The minimum absolute atomic E-state index is 0.108. The highest BCUT2D eigenvalue weighted by atomic mass is 16.6. The Morgan fingerprint density at radius 1 is 1.00 bits per heavy atom. The lowest BCUT2D eigenvalue weighted by molar-refractivity contribution is -0.383. The van der Waals surface area contributed by atoms with Crippen molar-refractivity contribution in [2.24, 2.45) is 11.7 Å². The van der Waals surface area contributed by atoms with Crippen LogP contribution in [0.15, 0.2) is 28.9 Å². The number of non-ortho nitro benzene ring substituents is 1. The molecule has 1 heterocycles. The van der Waals surface area contributed by atoms with E-state index in [9.17, 15) is 25.1 Å². The van der Waals surface area contributed by atoms with Gasteiger partial charge in [0.05, 0.1) is 29.4 Å². The largest absolute Gasteiger partial charge is 0.395 e. The van der Waals surface area contributed by atoms with E-state index in [0.717, 1.165) is 38.5 Å². The molecule has 0 fully saturated rings. The Kier molecular flexibility index (Phi) is 16.8. The number of carbonyl (C=O) groups is 1. The van der Waals surface area contributed by atoms with E-state index >= 15 is 0 Å². The number of carbonyl (C=O) groups excluding carboxylic acids is 1. The van der Waals surface area contributed by atoms with E-state index in [-0.39, 0.29) is 29.5 Å². The molecule has 2 aromatic rings. The van der Waals surface area contributed by atoms with Crippen molar-refractivity contribution in [1.29, 1.82) is 0 Å². The van der Waals surface area contributed by atoms with E-state index < -0.39 is 17.1 Å². The predicted octanol–water partition coefficient (Wildman–Crippen LogP) is 5.84. The van der Waals surface area contributed by atoms with Crippen LogP contribution < -0.4 is 11.1 Å². The molecule has 2 rings (SSSR count). The molecule has 5 N–H and O–H groups in total. The van der Waals surface area contributed by atoms with Crippen LogP contribution in [0.2, 0.25) is 0 Å². The van der Waals surface area contributed by atoms with Crippen molar-refractivity contribution in [1.82, 2.24) is 10.3 Å². The predicted molar refractivity (Wildman–Crippen MR) is 161 cm³/mol. The molecule has 11 heteroatoms. The van der Waals surface area contributed by atoms with Gasteiger partial charge in [-0.25, -0.2) is 4.63 Å². The number of hydrogen-bond donors (Lipinski definition) is 4. The number of anilines is 1. The van der Waals surface area contributed by atoms with Crippen molar-refractivity contribution in [3.63, 3.8) is 0 Å². The van der Waals surface area contributed by atoms with Crippen molar-refractivity contribution in [3.8, 4) is 0 Å². The molecule has 0 aliphatic heterocycles. The summed E-state index contributed by atoms with van der Waals surface area (Å²) >= 11 is 0. The first-order chi connectivity index (χ1) is 19.9. The van der Waals surface area contributed by atoms with Crippen molar-refractivity contribution in [2.75, 3.05) is 18.5 Å². The zero-order valence-corrected chi connectivity index (χ0v) is 24.5. The van der Waals surface area contributed by atoms with Crippen LogP contribution in [0.1, 0.15) is 103 Å². The fourth-order valence-corrected chi connectivity index (χ4v) is 4.87. The number of hydrogen-bond acceptors (Lipinski definition) is 10. The van der Waals surface area contributed by atoms with Crippen LogP contribution in [-0.2, 0) is 4.79 Å². The highest BCUT2D eigenvalue weighted by Gasteiger charge is 2.20. The summed E-state index contributed by atoms with van der Waals surface area (Å²) in [6.07, 6.45) is 18.2. The normalized spacial score (nSPS) is 14.0. The Morgan fingerprint density at radius 3 is 2.29 bits per heavy atom. The number of nitrogens with two attached hydrogens (primary N) is 1. The lowest BCUT2D eigenvalue weighted by Gasteiger charge is -2.15. The molecule has 1 aromatic carbocycles. The van der Waals surface area contributed by atoms with Crippen LogP contribution in [-0.4, -0.2) is 56.5 Å². The van der Waals surface area contributed by atoms with Gasteiger partial charge in [-0.1, -0.05) is 89.7 Å². The van der Waals surface area contributed by atoms with Crippen LogP contribution in [0.25, 0.3) is 11.0 Å². The summed E-state index contributed by atoms with van der Waals surface area (Å²) in [5, 5.41) is 41.1. The monoisotopic (exact) mass is 575 g/mol. The van der Waals surface area contributed by atoms with Crippen LogP contribution in [0, 0.1) is 16.0 Å². The number of unbranched alkanes of at least 4 members (excludes halogenated alkanes) is 11. The minimum atomic E-state index is -0.986. The third-order valence-corrected chi connectivity index (χ3v) is 7.48. The molecule has 0 aliphatic rings. The number of allylic oxidation sites excluding steroid dienone is 1. The van der Waals surface area contributed by atoms with E-state index in [4.69, 9.17) is 10.4 Å². The third kappa shape index (κ3) is 12.7. The maximum Gasteiger partial charge on any atom is 0.300 e. The standard InChI is InChI=1S/C30H49N5O6/c1-2-3-4-5-6-7-8-9-10-12-15-23(17-20-28(38)24(31)22-36)27(37)16-13-11-14-21-32-25-18-19-26(35(39)40)30-29(25)33-41-34-30/h17-20,23-24,28,32,36,38H,2-16,21-22,31H2,1H3. The summed E-state index contributed by atoms with van der Waals surface area (Å²) in [7, 11) is 0. The molecule has 3 atom stereocenters. The fourth-order valence-electron chi connectivity index (χ4n) is 4.87. The number of aromatic nitrogens is 2. The number of nitro groups is 1. The van der Waals surface area contributed by atoms with Gasteiger partial charge in [-0.3, -0.25) is 14.9 Å². The Labute approximate surface area is 243 Å². The second kappa shape index (κ2) is 20.1. The average Bonchev–Trinajstić information content (AvgIpc) is 3.46. The third-order valence-electron chi connectivity index (χ3n) is 7.48. The number of nitrogens with one attached hydrogen (secondary N) is 1. The SMILES string of the molecule is CCCCCCCCCCCCC(C=CC(O)C(N)CO)C(=O)CCCCCNc1ccc([N+](=O)[O-])c2nonc12. The van der Waals surface area contributed by atoms with Gasteiger partial charge in [-0.05, 0) is 35.6 Å². The summed E-state index contributed by atoms with van der Waals surface area (Å²) in [6.45, 7) is 2.52. The molecule has 0 aliphatic carbocycles. The van der Waals surface area contributed by atoms with Gasteiger partial charge in [0.2, 0.25) is 5.52 Å². The molecule has 230 valence electrons. The number of aliphatic hydroxyl groups is 2. The van der Waals surface area contributed by atoms with Gasteiger partial charge in [-0.2, -0.15) is 0 Å². The smallest absolute Gasteiger partial charge is 0.300 e. The summed E-state index contributed by atoms with van der Waals surface area (Å²) in [4.78, 5) is 23.7. The Hall–Kier alpha value is -2.89. The lowest BCUT2D eigenvalue weighted by Crippen LogP contribution is -2.36. The van der Waals surface area contributed by atoms with Gasteiger partial charge in [0.25, 0.3) is 0 Å². The Bertz CT molecular complexity index is 1060. The van der Waals surface area contributed by atoms with E-state index in [1.807, 2.05) is 0 Å². The van der Waals surface area contributed by atoms with Crippen LogP contribution in [0.5, 0.6) is 0 Å². The first-order valence-corrected chi connectivity index (χ1v) is 15.3. The molecule has 3 unspecified atom stereocenters. The molecule has 0 bridgehead atoms. The van der Waals surface area contributed by atoms with Gasteiger partial charge in [0.15, 0.2) is 5.52 Å². The lowest BCUT2D eigenvalue weighted by atomic mass is 9.92. The minimum Gasteiger partial charge on any atom is -0.395 e. The van der Waals surface area contributed by atoms with Gasteiger partial charge in [0, 0.05) is 24.9 Å². The molecule has 1 aromatic heterocycles. The number of rotatable bonds is 24. The Morgan fingerprint density at radius 2 is 1.63 bits per heavy atom. The molecule has 0 spiro atoms. The second-order valence-corrected chi connectivity index (χ2v) is 10.9. The quantitative estimate of drug-likeness (QED) is 0.0514. The van der Waals surface area contributed by atoms with E-state index in [0.29, 0.717) is 24.2 Å². The summed E-state index contributed by atoms with van der Waals surface area (Å²) < 4.78 is 4.69. The van der Waals surface area contributed by atoms with Crippen LogP contribution in [0.4, 0.5) is 11.4 Å². The van der Waals surface area contributed by atoms with Gasteiger partial charge in [0.1, 0.15) is 5.78 Å². The molecule has 0 saturated heterocycles. The number of benzene rings is 1. The van der Waals surface area contributed by atoms with E-state index in [1.54, 1.807) is 18.2 Å². The highest BCUT2D eigenvalue weighted by Crippen LogP contribution is 2.28. The number of nitrogens with zero attached hydrogens (tertiary/aromatic N) is 3. The number of aliphatic hydroxyl groups excluding tert-OH is 2. The number of fused-ring (bicyclic) bond motifs is 1. The Balaban J connectivity index is 1.74. The van der Waals surface area contributed by atoms with Gasteiger partial charge in [-0.15, -0.1) is 0 Å². The zero-order valence-electron chi connectivity index (χ0n) is 24.5. The molecule has 41 heavy (non-hydrogen) atoms. The van der Waals surface area contributed by atoms with Crippen molar-refractivity contribution >= 4 is 28.2 Å². The summed E-state index contributed by atoms with van der Waals surface area (Å²) in [6, 6.07) is 2.20. The maximum absolute atomic E-state index is 13.0. The van der Waals surface area contributed by atoms with Crippen molar-refractivity contribution < 1.29 is 24.6 Å². The summed E-state index contributed by atoms with van der Waals surface area (Å²) in [5.41, 5.74) is 6.60. The topological polar surface area (TPSA) is 178 Å². The molecule has 0 amide bonds. The highest BCUT2D eigenvalue weighted by molar-refractivity contribution is 5.93. The molecule has 0 saturated carbocycles. The summed E-state index contributed by atoms with van der Waals surface area (Å²) in [5.74, 6) is -0.114. The van der Waals surface area contributed by atoms with Crippen LogP contribution in [0.3, 0.4) is 0 Å². The molecular weight excluding hydrogens is 526 g/mol. The van der Waals surface area contributed by atoms with Gasteiger partial charge >= 0.3 is 5.69 Å². The first kappa shape index (κ1) is 34.3. The van der Waals surface area contributed by atoms with Crippen molar-refractivity contribution in [2.45, 2.75) is 115 Å². The zero-order chi connectivity index (χ0) is 29.9. The maximum atomic E-state index is 13.0. The molecule has 0 radical (unpaired) electrons. The van der Waals surface area contributed by atoms with E-state index in [2.05, 4.69) is 22.6 Å². The van der Waals surface area contributed by atoms with Crippen molar-refractivity contribution in [3.05, 3.63) is 34.4 Å². The number of Topliss-reactive ketones (excluding diaryl/α,β-unsaturated/α-hetero) is 1. The molecular formula is C30H49N5O6. The van der Waals surface area contributed by atoms with E-state index in [1.165, 1.54) is 57.4 Å².